The second-order valence-electron chi connectivity index (χ2n) is 40.8. The fourth-order valence-electron chi connectivity index (χ4n) is 23.3. The molecule has 0 aliphatic carbocycles. The minimum atomic E-state index is -0.551. The minimum absolute atomic E-state index is 0.0735. The number of fused-ring (bicyclic) bond motifs is 20. The molecule has 0 bridgehead atoms. The second-order valence-corrected chi connectivity index (χ2v) is 40.8. The summed E-state index contributed by atoms with van der Waals surface area (Å²) < 4.78 is 23.1. The van der Waals surface area contributed by atoms with Crippen LogP contribution in [0.15, 0.2) is 425 Å². The summed E-state index contributed by atoms with van der Waals surface area (Å²) >= 11 is 0. The summed E-state index contributed by atoms with van der Waals surface area (Å²) in [5, 5.41) is 13.1. The van der Waals surface area contributed by atoms with E-state index in [0.29, 0.717) is 40.7 Å². The number of rotatable bonds is 13. The molecular weight excluding hydrogens is 1760 g/mol. The molecule has 13 nitrogen and oxygen atoms in total. The van der Waals surface area contributed by atoms with Gasteiger partial charge in [-0.05, 0) is 136 Å². The van der Waals surface area contributed by atoms with Crippen molar-refractivity contribution in [3.63, 3.8) is 0 Å². The molecule has 0 saturated carbocycles. The van der Waals surface area contributed by atoms with Crippen molar-refractivity contribution in [3.05, 3.63) is 447 Å². The summed E-state index contributed by atoms with van der Waals surface area (Å²) in [7, 11) is 0. The largest absolute Gasteiger partial charge is 0.454 e. The molecule has 0 N–H and O–H groups in total. The first-order valence-electron chi connectivity index (χ1n) is 49.6. The fourth-order valence-corrected chi connectivity index (χ4v) is 23.3. The average Bonchev–Trinajstić information content (AvgIpc) is 1.48. The Morgan fingerprint density at radius 1 is 0.208 bits per heavy atom. The molecule has 9 heterocycles. The highest BCUT2D eigenvalue weighted by Crippen LogP contribution is 2.58. The molecule has 0 spiro atoms. The van der Waals surface area contributed by atoms with Crippen molar-refractivity contribution >= 4 is 131 Å². The van der Waals surface area contributed by atoms with E-state index in [1.807, 2.05) is 6.07 Å². The smallest absolute Gasteiger partial charge is 0.168 e. The van der Waals surface area contributed by atoms with Crippen LogP contribution < -0.4 is 4.74 Å². The van der Waals surface area contributed by atoms with Crippen LogP contribution in [-0.4, -0.2) is 57.3 Å². The molecule has 684 valence electrons. The van der Waals surface area contributed by atoms with E-state index in [4.69, 9.17) is 34.6 Å². The highest BCUT2D eigenvalue weighted by Gasteiger charge is 2.42. The van der Waals surface area contributed by atoms with E-state index in [2.05, 4.69) is 501 Å². The lowest BCUT2D eigenvalue weighted by atomic mass is 9.75. The van der Waals surface area contributed by atoms with E-state index in [1.54, 1.807) is 0 Å². The normalized spacial score (nSPS) is 12.8. The molecule has 0 unspecified atom stereocenters. The molecule has 13 heteroatoms. The maximum absolute atomic E-state index is 7.76. The van der Waals surface area contributed by atoms with Crippen LogP contribution >= 0.6 is 0 Å². The minimum Gasteiger partial charge on any atom is -0.454 e. The number of para-hydroxylation sites is 11. The van der Waals surface area contributed by atoms with Crippen molar-refractivity contribution < 1.29 is 4.74 Å². The zero-order chi connectivity index (χ0) is 96.3. The lowest BCUT2D eigenvalue weighted by Crippen LogP contribution is -2.25. The standard InChI is InChI=1S/C131H94N12O/c1-129(2,3)84-72-74-110-97(77-84)98-78-85(130(4,5)6)73-75-111(98)138(110)113-71-39-60-100-122(113)144-121-96(58-37-59-99(121)131(100,7)8)127-134-123(79-40-12-9-13-41-79)133-126(135-127)83-47-36-46-82(76-83)86-57-38-70-112-114(86)95-56-26-35-69-109(95)143(112)120-118(141-105-65-31-22-52-91(105)92-53-23-32-66-106(92)141)116(139-101-61-27-18-48-87(101)88-49-19-28-62-102(88)139)115(128-136-124(80-42-14-10-15-43-80)132-125(137-128)81-44-16-11-17-45-81)117(140-103-63-29-20-50-89(103)90-51-21-30-64-104(90)140)119(120)142-107-67-33-24-54-93(107)94-55-25-34-68-108(94)142/h9-78H,1-8H3. The second kappa shape index (κ2) is 31.9. The molecule has 144 heavy (non-hydrogen) atoms. The molecule has 0 atom stereocenters. The summed E-state index contributed by atoms with van der Waals surface area (Å²) in [5.41, 5.74) is 28.0. The Bertz CT molecular complexity index is 9480. The highest BCUT2D eigenvalue weighted by atomic mass is 16.5. The third-order valence-electron chi connectivity index (χ3n) is 30.1. The van der Waals surface area contributed by atoms with Gasteiger partial charge in [-0.3, -0.25) is 0 Å². The number of nitrogens with zero attached hydrogens (tertiary/aromatic N) is 12. The third kappa shape index (κ3) is 12.7. The van der Waals surface area contributed by atoms with Gasteiger partial charge in [-0.1, -0.05) is 377 Å². The van der Waals surface area contributed by atoms with E-state index < -0.39 is 5.41 Å². The fraction of sp³-hybridized carbons (Fsp3) is 0.0840. The molecule has 19 aromatic carbocycles. The van der Waals surface area contributed by atoms with E-state index in [0.717, 1.165) is 216 Å². The molecule has 0 radical (unpaired) electrons. The van der Waals surface area contributed by atoms with Gasteiger partial charge in [0.2, 0.25) is 0 Å². The molecule has 1 aliphatic rings. The lowest BCUT2D eigenvalue weighted by Gasteiger charge is -2.36. The Labute approximate surface area is 830 Å². The molecule has 28 rings (SSSR count). The van der Waals surface area contributed by atoms with Crippen LogP contribution in [-0.2, 0) is 16.2 Å². The van der Waals surface area contributed by atoms with E-state index in [1.165, 1.54) is 21.9 Å². The van der Waals surface area contributed by atoms with Gasteiger partial charge >= 0.3 is 0 Å². The van der Waals surface area contributed by atoms with Crippen molar-refractivity contribution in [1.82, 2.24) is 57.3 Å². The van der Waals surface area contributed by atoms with E-state index in [-0.39, 0.29) is 10.8 Å². The van der Waals surface area contributed by atoms with Gasteiger partial charge < -0.3 is 32.1 Å². The Balaban J connectivity index is 0.749. The van der Waals surface area contributed by atoms with Crippen molar-refractivity contribution in [2.24, 2.45) is 0 Å². The van der Waals surface area contributed by atoms with Crippen molar-refractivity contribution in [2.75, 3.05) is 0 Å². The number of hydrogen-bond donors (Lipinski definition) is 0. The van der Waals surface area contributed by atoms with Crippen LogP contribution in [0, 0.1) is 0 Å². The Kier molecular flexibility index (Phi) is 18.6. The van der Waals surface area contributed by atoms with Gasteiger partial charge in [-0.2, -0.15) is 0 Å². The molecule has 0 saturated heterocycles. The van der Waals surface area contributed by atoms with Gasteiger partial charge in [-0.25, -0.2) is 29.9 Å². The van der Waals surface area contributed by atoms with Crippen molar-refractivity contribution in [3.8, 4) is 125 Å². The van der Waals surface area contributed by atoms with Crippen LogP contribution in [0.5, 0.6) is 11.5 Å². The molecule has 8 aromatic heterocycles. The quantitative estimate of drug-likeness (QED) is 0.113. The van der Waals surface area contributed by atoms with Crippen molar-refractivity contribution in [1.29, 1.82) is 0 Å². The summed E-state index contributed by atoms with van der Waals surface area (Å²) in [6, 6.07) is 155. The predicted molar refractivity (Wildman–Crippen MR) is 593 cm³/mol. The van der Waals surface area contributed by atoms with Gasteiger partial charge in [0.1, 0.15) is 5.75 Å². The maximum atomic E-state index is 7.76. The van der Waals surface area contributed by atoms with Crippen LogP contribution in [0.25, 0.3) is 244 Å². The first kappa shape index (κ1) is 83.9. The first-order chi connectivity index (χ1) is 70.5. The SMILES string of the molecule is CC(C)(C)c1ccc2c(c1)c1cc(C(C)(C)C)ccc1n2-c1cccc2c1Oc1c(-c3nc(-c4ccccc4)nc(-c4cccc(-c5cccc6c5c5ccccc5n6-c5c(-n6c7ccccc7c7ccccc76)c(-n6c7ccccc7c7ccccc76)c(-c6nc(-c7ccccc7)nc(-c7ccccc7)n6)c(-n6c7ccccc7c7ccccc76)c5-n5c6ccccc6c6ccccc65)c4)n3)cccc1C2(C)C. The predicted octanol–water partition coefficient (Wildman–Crippen LogP) is 33.3. The Morgan fingerprint density at radius 3 is 0.903 bits per heavy atom. The zero-order valence-corrected chi connectivity index (χ0v) is 80.7. The highest BCUT2D eigenvalue weighted by molar-refractivity contribution is 6.22. The maximum Gasteiger partial charge on any atom is 0.168 e. The summed E-state index contributed by atoms with van der Waals surface area (Å²) in [6.07, 6.45) is 0. The van der Waals surface area contributed by atoms with Crippen LogP contribution in [0.4, 0.5) is 0 Å². The summed E-state index contributed by atoms with van der Waals surface area (Å²) in [5.74, 6) is 4.49. The first-order valence-corrected chi connectivity index (χ1v) is 49.6. The number of hydrogen-bond acceptors (Lipinski definition) is 7. The number of ether oxygens (including phenoxy) is 1. The van der Waals surface area contributed by atoms with Gasteiger partial charge in [0.15, 0.2) is 40.7 Å². The average molecular weight is 1850 g/mol. The van der Waals surface area contributed by atoms with Crippen molar-refractivity contribution in [2.45, 2.75) is 71.6 Å². The Morgan fingerprint density at radius 2 is 0.493 bits per heavy atom. The van der Waals surface area contributed by atoms with Gasteiger partial charge in [0, 0.05) is 103 Å². The number of benzene rings is 19. The lowest BCUT2D eigenvalue weighted by molar-refractivity contribution is 0.418. The van der Waals surface area contributed by atoms with Gasteiger partial charge in [0.25, 0.3) is 0 Å². The molecular formula is C131H94N12O. The molecule has 0 fully saturated rings. The third-order valence-corrected chi connectivity index (χ3v) is 30.1. The monoisotopic (exact) mass is 1850 g/mol. The molecule has 1 aliphatic heterocycles. The Hall–Kier alpha value is -18.2. The number of aromatic nitrogens is 12. The molecule has 0 amide bonds. The van der Waals surface area contributed by atoms with Crippen LogP contribution in [0.3, 0.4) is 0 Å². The van der Waals surface area contributed by atoms with E-state index in [9.17, 15) is 0 Å². The topological polar surface area (TPSA) is 116 Å². The van der Waals surface area contributed by atoms with Gasteiger partial charge in [-0.15, -0.1) is 0 Å². The molecule has 27 aromatic rings. The summed E-state index contributed by atoms with van der Waals surface area (Å²) in [4.78, 5) is 34.8. The van der Waals surface area contributed by atoms with Gasteiger partial charge in [0.05, 0.1) is 111 Å². The van der Waals surface area contributed by atoms with Crippen LogP contribution in [0.1, 0.15) is 77.6 Å². The van der Waals surface area contributed by atoms with Crippen LogP contribution in [0.2, 0.25) is 0 Å². The zero-order valence-electron chi connectivity index (χ0n) is 80.7. The summed E-state index contributed by atoms with van der Waals surface area (Å²) in [6.45, 7) is 18.4. The van der Waals surface area contributed by atoms with E-state index >= 15 is 0 Å².